The zero-order valence-corrected chi connectivity index (χ0v) is 16.5. The highest BCUT2D eigenvalue weighted by Gasteiger charge is 2.14. The molecule has 0 spiro atoms. The number of aryl methyl sites for hydroxylation is 1. The lowest BCUT2D eigenvalue weighted by atomic mass is 10.0. The number of non-ortho nitro benzene ring substituents is 1. The Morgan fingerprint density at radius 1 is 1.18 bits per heavy atom. The molecule has 3 rings (SSSR count). The predicted octanol–water partition coefficient (Wildman–Crippen LogP) is 6.03. The molecular weight excluding hydrogens is 374 g/mol. The van der Waals surface area contributed by atoms with E-state index < -0.39 is 4.92 Å². The number of nitrogens with zero attached hydrogens (tertiary/aromatic N) is 3. The summed E-state index contributed by atoms with van der Waals surface area (Å²) in [7, 11) is 0. The molecule has 1 aromatic heterocycles. The van der Waals surface area contributed by atoms with Crippen LogP contribution in [0.2, 0.25) is 5.02 Å². The third-order valence-corrected chi connectivity index (χ3v) is 5.15. The van der Waals surface area contributed by atoms with E-state index in [0.717, 1.165) is 28.2 Å². The molecule has 0 aliphatic carbocycles. The molecule has 0 saturated carbocycles. The van der Waals surface area contributed by atoms with Crippen LogP contribution in [0.5, 0.6) is 0 Å². The number of allylic oxidation sites excluding steroid dienone is 1. The molecule has 3 aromatic rings. The topological polar surface area (TPSA) is 71.9 Å². The van der Waals surface area contributed by atoms with Crippen LogP contribution in [0.4, 0.5) is 5.69 Å². The average molecular weight is 392 g/mol. The van der Waals surface area contributed by atoms with E-state index in [1.165, 1.54) is 12.1 Å². The smallest absolute Gasteiger partial charge is 0.270 e. The van der Waals surface area contributed by atoms with Gasteiger partial charge in [-0.25, -0.2) is 0 Å². The first kappa shape index (κ1) is 19.4. The standard InChI is InChI=1S/C22H18ClN3O2/c1-14-10-18(16(3)25(14)22-9-5-8-21(23)15(22)2)11-19(13-24)17-6-4-7-20(12-17)26(27)28/h4-12H,1-3H3. The van der Waals surface area contributed by atoms with Crippen molar-refractivity contribution in [1.29, 1.82) is 5.26 Å². The SMILES string of the molecule is Cc1c(Cl)cccc1-n1c(C)cc(C=C(C#N)c2cccc([N+](=O)[O-])c2)c1C. The quantitative estimate of drug-likeness (QED) is 0.309. The Morgan fingerprint density at radius 3 is 2.57 bits per heavy atom. The van der Waals surface area contributed by atoms with Gasteiger partial charge in [0.15, 0.2) is 0 Å². The van der Waals surface area contributed by atoms with Gasteiger partial charge < -0.3 is 4.57 Å². The Balaban J connectivity index is 2.12. The molecule has 140 valence electrons. The Kier molecular flexibility index (Phi) is 5.34. The summed E-state index contributed by atoms with van der Waals surface area (Å²) in [6.45, 7) is 5.93. The minimum atomic E-state index is -0.466. The van der Waals surface area contributed by atoms with E-state index >= 15 is 0 Å². The van der Waals surface area contributed by atoms with Crippen molar-refractivity contribution in [2.75, 3.05) is 0 Å². The number of nitriles is 1. The van der Waals surface area contributed by atoms with E-state index in [-0.39, 0.29) is 5.69 Å². The molecule has 28 heavy (non-hydrogen) atoms. The molecule has 2 aromatic carbocycles. The second-order valence-electron chi connectivity index (χ2n) is 6.52. The summed E-state index contributed by atoms with van der Waals surface area (Å²) in [5.74, 6) is 0. The maximum atomic E-state index is 11.0. The highest BCUT2D eigenvalue weighted by molar-refractivity contribution is 6.31. The van der Waals surface area contributed by atoms with Crippen molar-refractivity contribution in [3.63, 3.8) is 0 Å². The van der Waals surface area contributed by atoms with Crippen LogP contribution in [0.25, 0.3) is 17.3 Å². The molecule has 0 saturated heterocycles. The normalized spacial score (nSPS) is 11.3. The summed E-state index contributed by atoms with van der Waals surface area (Å²) in [6.07, 6.45) is 1.76. The molecule has 1 heterocycles. The number of rotatable bonds is 4. The van der Waals surface area contributed by atoms with Gasteiger partial charge in [-0.05, 0) is 61.7 Å². The number of halogens is 1. The van der Waals surface area contributed by atoms with Crippen LogP contribution >= 0.6 is 11.6 Å². The third-order valence-electron chi connectivity index (χ3n) is 4.74. The fourth-order valence-electron chi connectivity index (χ4n) is 3.27. The van der Waals surface area contributed by atoms with Crippen molar-refractivity contribution in [3.05, 3.63) is 91.7 Å². The summed E-state index contributed by atoms with van der Waals surface area (Å²) >= 11 is 6.28. The summed E-state index contributed by atoms with van der Waals surface area (Å²) in [5, 5.41) is 21.3. The summed E-state index contributed by atoms with van der Waals surface area (Å²) in [4.78, 5) is 10.6. The molecule has 0 atom stereocenters. The van der Waals surface area contributed by atoms with Gasteiger partial charge in [0.1, 0.15) is 0 Å². The lowest BCUT2D eigenvalue weighted by Gasteiger charge is -2.13. The van der Waals surface area contributed by atoms with Crippen LogP contribution in [0, 0.1) is 42.2 Å². The van der Waals surface area contributed by atoms with Crippen molar-refractivity contribution in [1.82, 2.24) is 4.57 Å². The van der Waals surface area contributed by atoms with E-state index in [1.807, 2.05) is 45.0 Å². The van der Waals surface area contributed by atoms with Crippen LogP contribution in [0.3, 0.4) is 0 Å². The van der Waals surface area contributed by atoms with E-state index in [0.29, 0.717) is 16.2 Å². The number of nitro benzene ring substituents is 1. The largest absolute Gasteiger partial charge is 0.318 e. The molecule has 6 heteroatoms. The van der Waals surface area contributed by atoms with Crippen molar-refractivity contribution in [2.45, 2.75) is 20.8 Å². The number of hydrogen-bond acceptors (Lipinski definition) is 3. The molecule has 5 nitrogen and oxygen atoms in total. The minimum Gasteiger partial charge on any atom is -0.318 e. The summed E-state index contributed by atoms with van der Waals surface area (Å²) < 4.78 is 2.09. The first-order valence-corrected chi connectivity index (χ1v) is 9.02. The van der Waals surface area contributed by atoms with E-state index in [4.69, 9.17) is 11.6 Å². The van der Waals surface area contributed by atoms with Gasteiger partial charge in [-0.3, -0.25) is 10.1 Å². The Morgan fingerprint density at radius 2 is 1.89 bits per heavy atom. The fraction of sp³-hybridized carbons (Fsp3) is 0.136. The van der Waals surface area contributed by atoms with E-state index in [2.05, 4.69) is 10.6 Å². The molecule has 0 aliphatic heterocycles. The first-order valence-electron chi connectivity index (χ1n) is 8.64. The van der Waals surface area contributed by atoms with Gasteiger partial charge in [0.25, 0.3) is 5.69 Å². The van der Waals surface area contributed by atoms with Crippen molar-refractivity contribution >= 4 is 28.9 Å². The van der Waals surface area contributed by atoms with Gasteiger partial charge in [-0.1, -0.05) is 29.8 Å². The van der Waals surface area contributed by atoms with Gasteiger partial charge in [0, 0.05) is 34.2 Å². The number of nitro groups is 1. The van der Waals surface area contributed by atoms with Gasteiger partial charge in [0.05, 0.1) is 16.6 Å². The second-order valence-corrected chi connectivity index (χ2v) is 6.93. The molecule has 0 aliphatic rings. The van der Waals surface area contributed by atoms with Gasteiger partial charge in [-0.15, -0.1) is 0 Å². The number of hydrogen-bond donors (Lipinski definition) is 0. The maximum Gasteiger partial charge on any atom is 0.270 e. The summed E-state index contributed by atoms with van der Waals surface area (Å²) in [5.41, 5.74) is 5.63. The van der Waals surface area contributed by atoms with Crippen LogP contribution in [0.15, 0.2) is 48.5 Å². The van der Waals surface area contributed by atoms with Gasteiger partial charge >= 0.3 is 0 Å². The zero-order chi connectivity index (χ0) is 20.4. The molecular formula is C22H18ClN3O2. The minimum absolute atomic E-state index is 0.0429. The lowest BCUT2D eigenvalue weighted by Crippen LogP contribution is -2.01. The molecule has 0 fully saturated rings. The van der Waals surface area contributed by atoms with Crippen LogP contribution < -0.4 is 0 Å². The molecule has 0 amide bonds. The highest BCUT2D eigenvalue weighted by atomic mass is 35.5. The molecule has 0 bridgehead atoms. The monoisotopic (exact) mass is 391 g/mol. The van der Waals surface area contributed by atoms with Crippen LogP contribution in [0.1, 0.15) is 28.1 Å². The maximum absolute atomic E-state index is 11.0. The molecule has 0 unspecified atom stereocenters. The zero-order valence-electron chi connectivity index (χ0n) is 15.7. The Bertz CT molecular complexity index is 1150. The van der Waals surface area contributed by atoms with E-state index in [1.54, 1.807) is 18.2 Å². The predicted molar refractivity (Wildman–Crippen MR) is 112 cm³/mol. The highest BCUT2D eigenvalue weighted by Crippen LogP contribution is 2.29. The summed E-state index contributed by atoms with van der Waals surface area (Å²) in [6, 6.07) is 16.0. The van der Waals surface area contributed by atoms with E-state index in [9.17, 15) is 15.4 Å². The van der Waals surface area contributed by atoms with Crippen LogP contribution in [-0.2, 0) is 0 Å². The Labute approximate surface area is 168 Å². The third kappa shape index (κ3) is 3.55. The van der Waals surface area contributed by atoms with Gasteiger partial charge in [-0.2, -0.15) is 5.26 Å². The molecule has 0 N–H and O–H groups in total. The van der Waals surface area contributed by atoms with Crippen LogP contribution in [-0.4, -0.2) is 9.49 Å². The number of aromatic nitrogens is 1. The van der Waals surface area contributed by atoms with Crippen molar-refractivity contribution in [2.24, 2.45) is 0 Å². The number of benzene rings is 2. The average Bonchev–Trinajstić information content (AvgIpc) is 2.95. The second kappa shape index (κ2) is 7.71. The van der Waals surface area contributed by atoms with Crippen molar-refractivity contribution in [3.8, 4) is 11.8 Å². The van der Waals surface area contributed by atoms with Crippen molar-refractivity contribution < 1.29 is 4.92 Å². The Hall–Kier alpha value is -3.36. The molecule has 0 radical (unpaired) electrons. The first-order chi connectivity index (χ1) is 13.3. The fourth-order valence-corrected chi connectivity index (χ4v) is 3.43. The lowest BCUT2D eigenvalue weighted by molar-refractivity contribution is -0.384. The van der Waals surface area contributed by atoms with Gasteiger partial charge in [0.2, 0.25) is 0 Å².